The molecule has 3 nitrogen and oxygen atoms in total. The predicted octanol–water partition coefficient (Wildman–Crippen LogP) is 2.09. The number of nitrogens with zero attached hydrogens (tertiary/aromatic N) is 1. The fraction of sp³-hybridized carbons (Fsp3) is 0.500. The van der Waals surface area contributed by atoms with Gasteiger partial charge in [-0.3, -0.25) is 0 Å². The Balaban J connectivity index is 2.46. The van der Waals surface area contributed by atoms with Crippen LogP contribution in [0.3, 0.4) is 0 Å². The number of sulfonamides is 1. The molecule has 1 aliphatic rings. The number of hydrogen-bond donors (Lipinski definition) is 0. The van der Waals surface area contributed by atoms with Gasteiger partial charge < -0.3 is 0 Å². The van der Waals surface area contributed by atoms with E-state index >= 15 is 0 Å². The van der Waals surface area contributed by atoms with Crippen LogP contribution >= 0.6 is 0 Å². The van der Waals surface area contributed by atoms with E-state index in [0.29, 0.717) is 18.0 Å². The first-order chi connectivity index (χ1) is 7.51. The highest BCUT2D eigenvalue weighted by Crippen LogP contribution is 2.24. The van der Waals surface area contributed by atoms with Crippen LogP contribution in [0.15, 0.2) is 23.1 Å². The van der Waals surface area contributed by atoms with Gasteiger partial charge in [0.2, 0.25) is 10.0 Å². The Labute approximate surface area is 97.1 Å². The van der Waals surface area contributed by atoms with Crippen LogP contribution in [0.5, 0.6) is 0 Å². The first kappa shape index (κ1) is 11.6. The molecule has 0 radical (unpaired) electrons. The molecule has 1 aromatic carbocycles. The minimum Gasteiger partial charge on any atom is -0.207 e. The lowest BCUT2D eigenvalue weighted by Crippen LogP contribution is -2.28. The van der Waals surface area contributed by atoms with Crippen molar-refractivity contribution in [1.29, 1.82) is 0 Å². The lowest BCUT2D eigenvalue weighted by Gasteiger charge is -2.17. The maximum atomic E-state index is 12.3. The van der Waals surface area contributed by atoms with Crippen LogP contribution in [-0.2, 0) is 10.0 Å². The summed E-state index contributed by atoms with van der Waals surface area (Å²) in [7, 11) is -3.26. The van der Waals surface area contributed by atoms with Gasteiger partial charge in [-0.2, -0.15) is 4.31 Å². The first-order valence-corrected chi connectivity index (χ1v) is 7.03. The zero-order chi connectivity index (χ0) is 11.8. The zero-order valence-electron chi connectivity index (χ0n) is 9.73. The average molecular weight is 239 g/mol. The largest absolute Gasteiger partial charge is 0.243 e. The molecular formula is C12H17NO2S. The number of aryl methyl sites for hydroxylation is 2. The molecule has 0 atom stereocenters. The van der Waals surface area contributed by atoms with Crippen molar-refractivity contribution in [2.75, 3.05) is 13.1 Å². The third kappa shape index (κ3) is 1.99. The second kappa shape index (κ2) is 4.18. The van der Waals surface area contributed by atoms with Crippen LogP contribution in [0.4, 0.5) is 0 Å². The van der Waals surface area contributed by atoms with Gasteiger partial charge in [-0.1, -0.05) is 12.1 Å². The van der Waals surface area contributed by atoms with Crippen LogP contribution in [0.25, 0.3) is 0 Å². The summed E-state index contributed by atoms with van der Waals surface area (Å²) in [6.45, 7) is 5.09. The minimum absolute atomic E-state index is 0.467. The van der Waals surface area contributed by atoms with E-state index in [1.165, 1.54) is 0 Å². The Morgan fingerprint density at radius 2 is 1.75 bits per heavy atom. The fourth-order valence-electron chi connectivity index (χ4n) is 2.05. The van der Waals surface area contributed by atoms with Crippen molar-refractivity contribution < 1.29 is 8.42 Å². The molecule has 2 rings (SSSR count). The van der Waals surface area contributed by atoms with Crippen molar-refractivity contribution in [3.63, 3.8) is 0 Å². The second-order valence-corrected chi connectivity index (χ2v) is 6.29. The summed E-state index contributed by atoms with van der Waals surface area (Å²) >= 11 is 0. The lowest BCUT2D eigenvalue weighted by atomic mass is 10.2. The highest BCUT2D eigenvalue weighted by Gasteiger charge is 2.28. The van der Waals surface area contributed by atoms with Crippen molar-refractivity contribution in [2.24, 2.45) is 0 Å². The van der Waals surface area contributed by atoms with E-state index in [0.717, 1.165) is 24.0 Å². The molecule has 1 heterocycles. The van der Waals surface area contributed by atoms with Crippen LogP contribution in [0.1, 0.15) is 24.0 Å². The Morgan fingerprint density at radius 3 is 2.38 bits per heavy atom. The van der Waals surface area contributed by atoms with E-state index in [1.807, 2.05) is 26.0 Å². The van der Waals surface area contributed by atoms with E-state index in [1.54, 1.807) is 10.4 Å². The summed E-state index contributed by atoms with van der Waals surface area (Å²) in [6, 6.07) is 5.58. The Bertz CT molecular complexity index is 488. The summed E-state index contributed by atoms with van der Waals surface area (Å²) in [5.41, 5.74) is 1.82. The molecule has 0 aromatic heterocycles. The van der Waals surface area contributed by atoms with Crippen LogP contribution < -0.4 is 0 Å². The van der Waals surface area contributed by atoms with E-state index in [-0.39, 0.29) is 0 Å². The Kier molecular flexibility index (Phi) is 3.04. The van der Waals surface area contributed by atoms with Gasteiger partial charge in [-0.05, 0) is 43.9 Å². The van der Waals surface area contributed by atoms with Crippen LogP contribution in [0.2, 0.25) is 0 Å². The molecule has 0 aliphatic carbocycles. The molecule has 0 unspecified atom stereocenters. The van der Waals surface area contributed by atoms with Crippen LogP contribution in [-0.4, -0.2) is 25.8 Å². The lowest BCUT2D eigenvalue weighted by molar-refractivity contribution is 0.477. The Morgan fingerprint density at radius 1 is 1.12 bits per heavy atom. The monoisotopic (exact) mass is 239 g/mol. The number of benzene rings is 1. The quantitative estimate of drug-likeness (QED) is 0.792. The maximum absolute atomic E-state index is 12.3. The van der Waals surface area contributed by atoms with Gasteiger partial charge >= 0.3 is 0 Å². The maximum Gasteiger partial charge on any atom is 0.243 e. The van der Waals surface area contributed by atoms with Crippen LogP contribution in [0, 0.1) is 13.8 Å². The van der Waals surface area contributed by atoms with Gasteiger partial charge in [0.05, 0.1) is 4.90 Å². The molecule has 16 heavy (non-hydrogen) atoms. The number of hydrogen-bond acceptors (Lipinski definition) is 2. The van der Waals surface area contributed by atoms with Crippen molar-refractivity contribution in [3.05, 3.63) is 29.3 Å². The van der Waals surface area contributed by atoms with Crippen molar-refractivity contribution in [3.8, 4) is 0 Å². The highest BCUT2D eigenvalue weighted by atomic mass is 32.2. The molecule has 0 spiro atoms. The first-order valence-electron chi connectivity index (χ1n) is 5.59. The Hall–Kier alpha value is -0.870. The molecule has 1 fully saturated rings. The van der Waals surface area contributed by atoms with E-state index < -0.39 is 10.0 Å². The SMILES string of the molecule is Cc1ccc(C)c(S(=O)(=O)N2CCCC2)c1. The van der Waals surface area contributed by atoms with Crippen molar-refractivity contribution in [1.82, 2.24) is 4.31 Å². The summed E-state index contributed by atoms with van der Waals surface area (Å²) in [5, 5.41) is 0. The summed E-state index contributed by atoms with van der Waals surface area (Å²) < 4.78 is 26.3. The second-order valence-electron chi connectivity index (χ2n) is 4.38. The molecule has 0 N–H and O–H groups in total. The normalized spacial score (nSPS) is 17.9. The molecule has 0 amide bonds. The van der Waals surface area contributed by atoms with Gasteiger partial charge in [-0.25, -0.2) is 8.42 Å². The van der Waals surface area contributed by atoms with Gasteiger partial charge in [0.25, 0.3) is 0 Å². The molecular weight excluding hydrogens is 222 g/mol. The smallest absolute Gasteiger partial charge is 0.207 e. The standard InChI is InChI=1S/C12H17NO2S/c1-10-5-6-11(2)12(9-10)16(14,15)13-7-3-4-8-13/h5-6,9H,3-4,7-8H2,1-2H3. The van der Waals surface area contributed by atoms with Gasteiger partial charge in [0, 0.05) is 13.1 Å². The predicted molar refractivity (Wildman–Crippen MR) is 63.9 cm³/mol. The number of rotatable bonds is 2. The van der Waals surface area contributed by atoms with E-state index in [4.69, 9.17) is 0 Å². The third-order valence-corrected chi connectivity index (χ3v) is 5.07. The van der Waals surface area contributed by atoms with Gasteiger partial charge in [0.1, 0.15) is 0 Å². The summed E-state index contributed by atoms with van der Waals surface area (Å²) in [5.74, 6) is 0. The molecule has 0 saturated carbocycles. The highest BCUT2D eigenvalue weighted by molar-refractivity contribution is 7.89. The zero-order valence-corrected chi connectivity index (χ0v) is 10.5. The topological polar surface area (TPSA) is 37.4 Å². The molecule has 4 heteroatoms. The molecule has 1 aliphatic heterocycles. The third-order valence-electron chi connectivity index (χ3n) is 3.03. The summed E-state index contributed by atoms with van der Waals surface area (Å²) in [6.07, 6.45) is 1.95. The summed E-state index contributed by atoms with van der Waals surface area (Å²) in [4.78, 5) is 0.467. The van der Waals surface area contributed by atoms with Crippen molar-refractivity contribution in [2.45, 2.75) is 31.6 Å². The molecule has 88 valence electrons. The average Bonchev–Trinajstić information content (AvgIpc) is 2.75. The molecule has 0 bridgehead atoms. The molecule has 1 aromatic rings. The van der Waals surface area contributed by atoms with E-state index in [2.05, 4.69) is 0 Å². The van der Waals surface area contributed by atoms with E-state index in [9.17, 15) is 8.42 Å². The van der Waals surface area contributed by atoms with Crippen molar-refractivity contribution >= 4 is 10.0 Å². The fourth-order valence-corrected chi connectivity index (χ4v) is 3.88. The minimum atomic E-state index is -3.26. The van der Waals surface area contributed by atoms with Gasteiger partial charge in [-0.15, -0.1) is 0 Å². The molecule has 1 saturated heterocycles. The van der Waals surface area contributed by atoms with Gasteiger partial charge in [0.15, 0.2) is 0 Å².